The molecule has 0 saturated heterocycles. The summed E-state index contributed by atoms with van der Waals surface area (Å²) in [5, 5.41) is 6.30. The molecule has 2 N–H and O–H groups in total. The third-order valence-corrected chi connectivity index (χ3v) is 4.76. The first-order valence-corrected chi connectivity index (χ1v) is 8.56. The van der Waals surface area contributed by atoms with Crippen LogP contribution in [-0.4, -0.2) is 19.8 Å². The van der Waals surface area contributed by atoms with E-state index in [1.165, 1.54) is 0 Å². The third kappa shape index (κ3) is 2.43. The van der Waals surface area contributed by atoms with Crippen LogP contribution in [0, 0.1) is 0 Å². The zero-order chi connectivity index (χ0) is 16.0. The molecule has 0 spiro atoms. The molecule has 23 heavy (non-hydrogen) atoms. The van der Waals surface area contributed by atoms with Crippen molar-refractivity contribution in [2.24, 2.45) is 5.14 Å². The van der Waals surface area contributed by atoms with Gasteiger partial charge in [-0.25, -0.2) is 13.6 Å². The number of primary sulfonamides is 1. The van der Waals surface area contributed by atoms with Gasteiger partial charge in [0.05, 0.1) is 0 Å². The Kier molecular flexibility index (Phi) is 3.07. The summed E-state index contributed by atoms with van der Waals surface area (Å²) in [6.07, 6.45) is 0. The Bertz CT molecular complexity index is 1010. The smallest absolute Gasteiger partial charge is 0.253 e. The molecule has 0 atom stereocenters. The fraction of sp³-hybridized carbons (Fsp3) is 0.125. The van der Waals surface area contributed by atoms with Gasteiger partial charge in [0.15, 0.2) is 16.5 Å². The van der Waals surface area contributed by atoms with Crippen molar-refractivity contribution in [3.05, 3.63) is 54.1 Å². The van der Waals surface area contributed by atoms with Gasteiger partial charge in [-0.05, 0) is 29.8 Å². The molecular formula is C16H14N2O4S. The lowest BCUT2D eigenvalue weighted by molar-refractivity contribution is 0.174. The van der Waals surface area contributed by atoms with E-state index in [1.54, 1.807) is 10.6 Å². The molecule has 6 nitrogen and oxygen atoms in total. The Balaban J connectivity index is 1.85. The molecule has 1 aromatic heterocycles. The summed E-state index contributed by atoms with van der Waals surface area (Å²) >= 11 is 0. The van der Waals surface area contributed by atoms with Gasteiger partial charge < -0.3 is 14.0 Å². The van der Waals surface area contributed by atoms with Crippen molar-refractivity contribution >= 4 is 20.9 Å². The largest absolute Gasteiger partial charge is 0.454 e. The molecule has 0 aliphatic carbocycles. The quantitative estimate of drug-likeness (QED) is 0.797. The number of aromatic nitrogens is 1. The van der Waals surface area contributed by atoms with Crippen molar-refractivity contribution in [3.63, 3.8) is 0 Å². The normalized spacial score (nSPS) is 13.6. The SMILES string of the molecule is NS(=O)(=O)c1cc2ccccc2n1Cc1ccc2c(c1)OCO2. The molecule has 118 valence electrons. The predicted octanol–water partition coefficient (Wildman–Crippen LogP) is 2.07. The summed E-state index contributed by atoms with van der Waals surface area (Å²) in [5.41, 5.74) is 1.72. The minimum Gasteiger partial charge on any atom is -0.454 e. The number of hydrogen-bond acceptors (Lipinski definition) is 4. The summed E-state index contributed by atoms with van der Waals surface area (Å²) in [5.74, 6) is 1.36. The number of nitrogens with two attached hydrogens (primary N) is 1. The first-order valence-electron chi connectivity index (χ1n) is 7.02. The predicted molar refractivity (Wildman–Crippen MR) is 85.0 cm³/mol. The van der Waals surface area contributed by atoms with Gasteiger partial charge in [-0.1, -0.05) is 24.3 Å². The maximum atomic E-state index is 11.9. The number of hydrogen-bond donors (Lipinski definition) is 1. The Morgan fingerprint density at radius 3 is 2.65 bits per heavy atom. The number of para-hydroxylation sites is 1. The Labute approximate surface area is 133 Å². The third-order valence-electron chi connectivity index (χ3n) is 3.84. The van der Waals surface area contributed by atoms with Crippen molar-refractivity contribution in [3.8, 4) is 11.5 Å². The number of nitrogens with zero attached hydrogens (tertiary/aromatic N) is 1. The van der Waals surface area contributed by atoms with E-state index in [-0.39, 0.29) is 11.8 Å². The van der Waals surface area contributed by atoms with Gasteiger partial charge in [0.1, 0.15) is 0 Å². The van der Waals surface area contributed by atoms with Crippen molar-refractivity contribution < 1.29 is 17.9 Å². The van der Waals surface area contributed by atoms with E-state index < -0.39 is 10.0 Å². The number of benzene rings is 2. The van der Waals surface area contributed by atoms with E-state index in [2.05, 4.69) is 0 Å². The molecule has 0 amide bonds. The zero-order valence-corrected chi connectivity index (χ0v) is 12.9. The van der Waals surface area contributed by atoms with Crippen LogP contribution >= 0.6 is 0 Å². The van der Waals surface area contributed by atoms with E-state index in [0.29, 0.717) is 18.0 Å². The van der Waals surface area contributed by atoms with Crippen LogP contribution in [0.25, 0.3) is 10.9 Å². The van der Waals surface area contributed by atoms with Crippen LogP contribution in [0.15, 0.2) is 53.6 Å². The lowest BCUT2D eigenvalue weighted by atomic mass is 10.2. The van der Waals surface area contributed by atoms with Crippen LogP contribution in [0.1, 0.15) is 5.56 Å². The van der Waals surface area contributed by atoms with Gasteiger partial charge in [-0.2, -0.15) is 0 Å². The van der Waals surface area contributed by atoms with Crippen LogP contribution in [0.4, 0.5) is 0 Å². The lowest BCUT2D eigenvalue weighted by Gasteiger charge is -2.10. The maximum absolute atomic E-state index is 11.9. The topological polar surface area (TPSA) is 83.6 Å². The molecule has 0 bridgehead atoms. The minimum absolute atomic E-state index is 0.0939. The van der Waals surface area contributed by atoms with Gasteiger partial charge in [-0.3, -0.25) is 0 Å². The minimum atomic E-state index is -3.82. The van der Waals surface area contributed by atoms with Crippen molar-refractivity contribution in [2.45, 2.75) is 11.6 Å². The van der Waals surface area contributed by atoms with Crippen molar-refractivity contribution in [1.82, 2.24) is 4.57 Å². The van der Waals surface area contributed by atoms with E-state index in [0.717, 1.165) is 16.5 Å². The highest BCUT2D eigenvalue weighted by atomic mass is 32.2. The van der Waals surface area contributed by atoms with Gasteiger partial charge in [0, 0.05) is 17.4 Å². The van der Waals surface area contributed by atoms with Gasteiger partial charge in [-0.15, -0.1) is 0 Å². The highest BCUT2D eigenvalue weighted by molar-refractivity contribution is 7.89. The zero-order valence-electron chi connectivity index (χ0n) is 12.1. The van der Waals surface area contributed by atoms with Crippen molar-refractivity contribution in [2.75, 3.05) is 6.79 Å². The second-order valence-corrected chi connectivity index (χ2v) is 6.87. The number of rotatable bonds is 3. The second kappa shape index (κ2) is 5.00. The number of fused-ring (bicyclic) bond motifs is 2. The molecule has 4 rings (SSSR count). The van der Waals surface area contributed by atoms with Crippen LogP contribution in [0.5, 0.6) is 11.5 Å². The van der Waals surface area contributed by atoms with Crippen LogP contribution in [0.2, 0.25) is 0 Å². The molecule has 0 radical (unpaired) electrons. The van der Waals surface area contributed by atoms with Gasteiger partial charge in [0.25, 0.3) is 10.0 Å². The monoisotopic (exact) mass is 330 g/mol. The van der Waals surface area contributed by atoms with Gasteiger partial charge in [0.2, 0.25) is 6.79 Å². The summed E-state index contributed by atoms with van der Waals surface area (Å²) in [6.45, 7) is 0.573. The fourth-order valence-corrected chi connectivity index (χ4v) is 3.57. The average molecular weight is 330 g/mol. The summed E-state index contributed by atoms with van der Waals surface area (Å²) in [7, 11) is -3.82. The Morgan fingerprint density at radius 1 is 1.04 bits per heavy atom. The van der Waals surface area contributed by atoms with Crippen LogP contribution in [-0.2, 0) is 16.6 Å². The molecule has 3 aromatic rings. The summed E-state index contributed by atoms with van der Waals surface area (Å²) in [4.78, 5) is 0. The molecule has 0 fully saturated rings. The first kappa shape index (κ1) is 14.1. The fourth-order valence-electron chi connectivity index (χ4n) is 2.81. The highest BCUT2D eigenvalue weighted by Gasteiger charge is 2.19. The standard InChI is InChI=1S/C16H14N2O4S/c17-23(19,20)16-8-12-3-1-2-4-13(12)18(16)9-11-5-6-14-15(7-11)22-10-21-14/h1-8H,9-10H2,(H2,17,19,20). The number of sulfonamides is 1. The van der Waals surface area contributed by atoms with Crippen molar-refractivity contribution in [1.29, 1.82) is 0 Å². The van der Waals surface area contributed by atoms with E-state index >= 15 is 0 Å². The highest BCUT2D eigenvalue weighted by Crippen LogP contribution is 2.33. The second-order valence-electron chi connectivity index (χ2n) is 5.36. The first-order chi connectivity index (χ1) is 11.0. The maximum Gasteiger partial charge on any atom is 0.253 e. The van der Waals surface area contributed by atoms with E-state index in [1.807, 2.05) is 42.5 Å². The van der Waals surface area contributed by atoms with E-state index in [9.17, 15) is 8.42 Å². The molecular weight excluding hydrogens is 316 g/mol. The summed E-state index contributed by atoms with van der Waals surface area (Å²) in [6, 6.07) is 14.6. The summed E-state index contributed by atoms with van der Waals surface area (Å²) < 4.78 is 36.2. The molecule has 2 aromatic carbocycles. The Hall–Kier alpha value is -2.51. The van der Waals surface area contributed by atoms with Crippen LogP contribution < -0.4 is 14.6 Å². The lowest BCUT2D eigenvalue weighted by Crippen LogP contribution is -2.17. The van der Waals surface area contributed by atoms with E-state index in [4.69, 9.17) is 14.6 Å². The Morgan fingerprint density at radius 2 is 1.83 bits per heavy atom. The van der Waals surface area contributed by atoms with Gasteiger partial charge >= 0.3 is 0 Å². The average Bonchev–Trinajstić information content (AvgIpc) is 3.11. The molecule has 0 saturated carbocycles. The molecule has 7 heteroatoms. The molecule has 0 unspecified atom stereocenters. The van der Waals surface area contributed by atoms with Crippen LogP contribution in [0.3, 0.4) is 0 Å². The molecule has 2 heterocycles. The molecule has 1 aliphatic heterocycles. The molecule has 1 aliphatic rings. The number of ether oxygens (including phenoxy) is 2.